The number of Topliss-reactive ketones (excluding diaryl/α,β-unsaturated/α-hetero) is 1. The molecule has 2 N–H and O–H groups in total. The summed E-state index contributed by atoms with van der Waals surface area (Å²) < 4.78 is 5.18. The third-order valence-electron chi connectivity index (χ3n) is 3.11. The van der Waals surface area contributed by atoms with E-state index in [9.17, 15) is 4.79 Å². The zero-order chi connectivity index (χ0) is 11.1. The van der Waals surface area contributed by atoms with Crippen LogP contribution in [0.5, 0.6) is 0 Å². The maximum atomic E-state index is 11.8. The number of hydrogen-bond donors (Lipinski definition) is 1. The van der Waals surface area contributed by atoms with E-state index >= 15 is 0 Å². The van der Waals surface area contributed by atoms with Crippen molar-refractivity contribution in [3.05, 3.63) is 0 Å². The van der Waals surface area contributed by atoms with Crippen molar-refractivity contribution in [2.45, 2.75) is 57.4 Å². The minimum Gasteiger partial charge on any atom is -0.379 e. The highest BCUT2D eigenvalue weighted by Gasteiger charge is 2.36. The molecule has 1 fully saturated rings. The van der Waals surface area contributed by atoms with Crippen LogP contribution in [0, 0.1) is 0 Å². The second-order valence-electron chi connectivity index (χ2n) is 4.55. The third kappa shape index (κ3) is 3.92. The Morgan fingerprint density at radius 1 is 1.33 bits per heavy atom. The molecule has 3 heteroatoms. The first kappa shape index (κ1) is 12.7. The van der Waals surface area contributed by atoms with Gasteiger partial charge in [0.25, 0.3) is 0 Å². The van der Waals surface area contributed by atoms with Gasteiger partial charge in [-0.3, -0.25) is 4.79 Å². The lowest BCUT2D eigenvalue weighted by Gasteiger charge is -2.19. The number of hydrogen-bond acceptors (Lipinski definition) is 3. The van der Waals surface area contributed by atoms with Crippen molar-refractivity contribution in [1.82, 2.24) is 0 Å². The molecule has 0 aliphatic carbocycles. The number of ketones is 1. The summed E-state index contributed by atoms with van der Waals surface area (Å²) in [5.41, 5.74) is 5.31. The summed E-state index contributed by atoms with van der Waals surface area (Å²) in [6.45, 7) is 3.24. The van der Waals surface area contributed by atoms with E-state index in [-0.39, 0.29) is 5.78 Å². The van der Waals surface area contributed by atoms with Gasteiger partial charge in [0, 0.05) is 13.0 Å². The Morgan fingerprint density at radius 2 is 2.07 bits per heavy atom. The van der Waals surface area contributed by atoms with Crippen LogP contribution in [0.1, 0.15) is 51.9 Å². The van der Waals surface area contributed by atoms with Crippen LogP contribution >= 0.6 is 0 Å². The molecule has 1 saturated heterocycles. The molecule has 1 aliphatic heterocycles. The van der Waals surface area contributed by atoms with Crippen LogP contribution in [0.3, 0.4) is 0 Å². The van der Waals surface area contributed by atoms with Gasteiger partial charge in [-0.15, -0.1) is 0 Å². The van der Waals surface area contributed by atoms with Crippen molar-refractivity contribution in [2.75, 3.05) is 13.2 Å². The van der Waals surface area contributed by atoms with Gasteiger partial charge in [-0.05, 0) is 12.8 Å². The van der Waals surface area contributed by atoms with E-state index < -0.39 is 5.54 Å². The first-order chi connectivity index (χ1) is 7.19. The van der Waals surface area contributed by atoms with Crippen molar-refractivity contribution in [1.29, 1.82) is 0 Å². The number of ether oxygens (including phenoxy) is 1. The van der Waals surface area contributed by atoms with Gasteiger partial charge < -0.3 is 10.5 Å². The fraction of sp³-hybridized carbons (Fsp3) is 0.917. The number of unbranched alkanes of at least 4 members (excludes halogenated alkanes) is 4. The molecule has 0 aromatic carbocycles. The van der Waals surface area contributed by atoms with Crippen LogP contribution in [-0.4, -0.2) is 24.5 Å². The van der Waals surface area contributed by atoms with Crippen molar-refractivity contribution < 1.29 is 9.53 Å². The molecule has 0 spiro atoms. The van der Waals surface area contributed by atoms with Crippen LogP contribution in [0.2, 0.25) is 0 Å². The van der Waals surface area contributed by atoms with Gasteiger partial charge in [0.2, 0.25) is 0 Å². The van der Waals surface area contributed by atoms with E-state index in [1.165, 1.54) is 19.3 Å². The summed E-state index contributed by atoms with van der Waals surface area (Å²) in [7, 11) is 0. The maximum Gasteiger partial charge on any atom is 0.155 e. The highest BCUT2D eigenvalue weighted by Crippen LogP contribution is 2.19. The smallest absolute Gasteiger partial charge is 0.155 e. The zero-order valence-corrected chi connectivity index (χ0v) is 9.76. The van der Waals surface area contributed by atoms with E-state index in [2.05, 4.69) is 6.92 Å². The van der Waals surface area contributed by atoms with Crippen LogP contribution in [0.15, 0.2) is 0 Å². The van der Waals surface area contributed by atoms with Crippen molar-refractivity contribution >= 4 is 5.78 Å². The topological polar surface area (TPSA) is 52.3 Å². The SMILES string of the molecule is CCCCCCCC(=O)C1(N)CCOC1. The molecule has 0 aromatic rings. The predicted octanol–water partition coefficient (Wildman–Crippen LogP) is 2.03. The molecule has 1 rings (SSSR count). The Kier molecular flexibility index (Phi) is 5.26. The maximum absolute atomic E-state index is 11.8. The predicted molar refractivity (Wildman–Crippen MR) is 60.7 cm³/mol. The summed E-state index contributed by atoms with van der Waals surface area (Å²) in [5.74, 6) is 0.191. The van der Waals surface area contributed by atoms with Gasteiger partial charge in [0.1, 0.15) is 5.54 Å². The highest BCUT2D eigenvalue weighted by atomic mass is 16.5. The Hall–Kier alpha value is -0.410. The largest absolute Gasteiger partial charge is 0.379 e. The monoisotopic (exact) mass is 213 g/mol. The third-order valence-corrected chi connectivity index (χ3v) is 3.11. The van der Waals surface area contributed by atoms with Crippen LogP contribution < -0.4 is 5.73 Å². The molecule has 3 nitrogen and oxygen atoms in total. The van der Waals surface area contributed by atoms with Gasteiger partial charge in [0.15, 0.2) is 5.78 Å². The fourth-order valence-corrected chi connectivity index (χ4v) is 1.94. The first-order valence-corrected chi connectivity index (χ1v) is 6.09. The quantitative estimate of drug-likeness (QED) is 0.658. The Labute approximate surface area is 92.4 Å². The summed E-state index contributed by atoms with van der Waals surface area (Å²) in [4.78, 5) is 11.8. The van der Waals surface area contributed by atoms with Crippen LogP contribution in [-0.2, 0) is 9.53 Å². The molecule has 0 radical (unpaired) electrons. The average Bonchev–Trinajstić information content (AvgIpc) is 2.66. The van der Waals surface area contributed by atoms with E-state index in [1.807, 2.05) is 0 Å². The minimum absolute atomic E-state index is 0.191. The number of carbonyl (C=O) groups is 1. The summed E-state index contributed by atoms with van der Waals surface area (Å²) in [6, 6.07) is 0. The lowest BCUT2D eigenvalue weighted by Crippen LogP contribution is -2.48. The Morgan fingerprint density at radius 3 is 2.67 bits per heavy atom. The van der Waals surface area contributed by atoms with E-state index in [1.54, 1.807) is 0 Å². The summed E-state index contributed by atoms with van der Waals surface area (Å²) in [5, 5.41) is 0. The summed E-state index contributed by atoms with van der Waals surface area (Å²) >= 11 is 0. The van der Waals surface area contributed by atoms with Crippen molar-refractivity contribution in [2.24, 2.45) is 5.73 Å². The molecule has 15 heavy (non-hydrogen) atoms. The molecule has 0 bridgehead atoms. The second-order valence-corrected chi connectivity index (χ2v) is 4.55. The van der Waals surface area contributed by atoms with Gasteiger partial charge >= 0.3 is 0 Å². The molecular weight excluding hydrogens is 190 g/mol. The average molecular weight is 213 g/mol. The van der Waals surface area contributed by atoms with Gasteiger partial charge in [-0.25, -0.2) is 0 Å². The minimum atomic E-state index is -0.662. The Balaban J connectivity index is 2.12. The number of carbonyl (C=O) groups excluding carboxylic acids is 1. The molecule has 0 saturated carbocycles. The van der Waals surface area contributed by atoms with Crippen molar-refractivity contribution in [3.63, 3.8) is 0 Å². The summed E-state index contributed by atoms with van der Waals surface area (Å²) in [6.07, 6.45) is 7.20. The van der Waals surface area contributed by atoms with Crippen molar-refractivity contribution in [3.8, 4) is 0 Å². The molecule has 88 valence electrons. The number of nitrogens with two attached hydrogens (primary N) is 1. The Bertz CT molecular complexity index is 198. The molecule has 1 heterocycles. The molecule has 0 amide bonds. The molecule has 1 unspecified atom stereocenters. The molecule has 1 atom stereocenters. The molecule has 0 aromatic heterocycles. The van der Waals surface area contributed by atoms with Gasteiger partial charge in [-0.2, -0.15) is 0 Å². The number of rotatable bonds is 7. The normalized spacial score (nSPS) is 25.7. The lowest BCUT2D eigenvalue weighted by atomic mass is 9.91. The van der Waals surface area contributed by atoms with Crippen LogP contribution in [0.4, 0.5) is 0 Å². The molecule has 1 aliphatic rings. The van der Waals surface area contributed by atoms with Gasteiger partial charge in [0.05, 0.1) is 6.61 Å². The molecular formula is C12H23NO2. The van der Waals surface area contributed by atoms with E-state index in [4.69, 9.17) is 10.5 Å². The first-order valence-electron chi connectivity index (χ1n) is 6.09. The van der Waals surface area contributed by atoms with E-state index in [0.29, 0.717) is 26.1 Å². The van der Waals surface area contributed by atoms with Crippen LogP contribution in [0.25, 0.3) is 0 Å². The standard InChI is InChI=1S/C12H23NO2/c1-2-3-4-5-6-7-11(14)12(13)8-9-15-10-12/h2-10,13H2,1H3. The highest BCUT2D eigenvalue weighted by molar-refractivity contribution is 5.88. The lowest BCUT2D eigenvalue weighted by molar-refractivity contribution is -0.124. The fourth-order valence-electron chi connectivity index (χ4n) is 1.94. The van der Waals surface area contributed by atoms with E-state index in [0.717, 1.165) is 12.8 Å². The zero-order valence-electron chi connectivity index (χ0n) is 9.76. The van der Waals surface area contributed by atoms with Gasteiger partial charge in [-0.1, -0.05) is 32.6 Å². The second kappa shape index (κ2) is 6.23.